The van der Waals surface area contributed by atoms with Crippen LogP contribution in [0.15, 0.2) is 24.3 Å². The summed E-state index contributed by atoms with van der Waals surface area (Å²) in [6.07, 6.45) is 2.49. The zero-order valence-corrected chi connectivity index (χ0v) is 8.12. The number of hydrogen-bond donors (Lipinski definition) is 0. The molecule has 1 aromatic carbocycles. The van der Waals surface area contributed by atoms with Gasteiger partial charge in [-0.3, -0.25) is 0 Å². The molecular formula is C12H16O. The maximum atomic E-state index is 5.56. The molecule has 0 saturated heterocycles. The molecule has 0 aliphatic carbocycles. The van der Waals surface area contributed by atoms with Gasteiger partial charge in [-0.25, -0.2) is 0 Å². The van der Waals surface area contributed by atoms with Crippen molar-refractivity contribution in [3.05, 3.63) is 35.4 Å². The molecule has 0 fully saturated rings. The highest BCUT2D eigenvalue weighted by molar-refractivity contribution is 5.31. The number of benzene rings is 1. The van der Waals surface area contributed by atoms with Crippen LogP contribution in [0.3, 0.4) is 0 Å². The third kappa shape index (κ3) is 1.75. The molecule has 1 unspecified atom stereocenters. The van der Waals surface area contributed by atoms with Crippen molar-refractivity contribution in [2.75, 3.05) is 6.61 Å². The van der Waals surface area contributed by atoms with Crippen LogP contribution in [0.25, 0.3) is 0 Å². The minimum absolute atomic E-state index is 0.634. The van der Waals surface area contributed by atoms with E-state index < -0.39 is 0 Å². The molecular weight excluding hydrogens is 160 g/mol. The molecule has 0 spiro atoms. The van der Waals surface area contributed by atoms with E-state index in [0.29, 0.717) is 5.92 Å². The SMILES string of the molecule is CCCC1COCc2ccccc21. The van der Waals surface area contributed by atoms with Crippen LogP contribution in [0.4, 0.5) is 0 Å². The molecule has 0 saturated carbocycles. The van der Waals surface area contributed by atoms with Crippen LogP contribution in [0, 0.1) is 0 Å². The van der Waals surface area contributed by atoms with Gasteiger partial charge in [0, 0.05) is 5.92 Å². The van der Waals surface area contributed by atoms with E-state index in [1.807, 2.05) is 0 Å². The summed E-state index contributed by atoms with van der Waals surface area (Å²) in [6.45, 7) is 3.94. The van der Waals surface area contributed by atoms with E-state index in [-0.39, 0.29) is 0 Å². The highest BCUT2D eigenvalue weighted by Gasteiger charge is 2.18. The predicted octanol–water partition coefficient (Wildman–Crippen LogP) is 3.10. The second-order valence-electron chi connectivity index (χ2n) is 3.70. The van der Waals surface area contributed by atoms with Crippen molar-refractivity contribution in [3.63, 3.8) is 0 Å². The average molecular weight is 176 g/mol. The Morgan fingerprint density at radius 1 is 1.38 bits per heavy atom. The van der Waals surface area contributed by atoms with Gasteiger partial charge in [0.25, 0.3) is 0 Å². The number of fused-ring (bicyclic) bond motifs is 1. The van der Waals surface area contributed by atoms with Gasteiger partial charge in [0.2, 0.25) is 0 Å². The quantitative estimate of drug-likeness (QED) is 0.672. The lowest BCUT2D eigenvalue weighted by Gasteiger charge is -2.25. The molecule has 70 valence electrons. The van der Waals surface area contributed by atoms with Crippen LogP contribution >= 0.6 is 0 Å². The first-order valence-corrected chi connectivity index (χ1v) is 5.07. The first kappa shape index (κ1) is 8.76. The predicted molar refractivity (Wildman–Crippen MR) is 53.7 cm³/mol. The zero-order valence-electron chi connectivity index (χ0n) is 8.12. The van der Waals surface area contributed by atoms with Crippen molar-refractivity contribution in [2.45, 2.75) is 32.3 Å². The van der Waals surface area contributed by atoms with E-state index in [4.69, 9.17) is 4.74 Å². The van der Waals surface area contributed by atoms with E-state index in [0.717, 1.165) is 13.2 Å². The van der Waals surface area contributed by atoms with Crippen LogP contribution in [-0.4, -0.2) is 6.61 Å². The molecule has 1 aliphatic rings. The van der Waals surface area contributed by atoms with Gasteiger partial charge < -0.3 is 4.74 Å². The highest BCUT2D eigenvalue weighted by atomic mass is 16.5. The molecule has 1 aliphatic heterocycles. The highest BCUT2D eigenvalue weighted by Crippen LogP contribution is 2.29. The van der Waals surface area contributed by atoms with E-state index in [9.17, 15) is 0 Å². The lowest BCUT2D eigenvalue weighted by atomic mass is 9.90. The Hall–Kier alpha value is -0.820. The van der Waals surface area contributed by atoms with Crippen LogP contribution in [-0.2, 0) is 11.3 Å². The Bertz CT molecular complexity index is 280. The van der Waals surface area contributed by atoms with Crippen molar-refractivity contribution >= 4 is 0 Å². The molecule has 0 N–H and O–H groups in total. The van der Waals surface area contributed by atoms with Gasteiger partial charge in [0.1, 0.15) is 0 Å². The molecule has 1 nitrogen and oxygen atoms in total. The third-order valence-corrected chi connectivity index (χ3v) is 2.71. The Labute approximate surface area is 79.7 Å². The summed E-state index contributed by atoms with van der Waals surface area (Å²) in [5.41, 5.74) is 2.89. The first-order chi connectivity index (χ1) is 6.42. The van der Waals surface area contributed by atoms with Crippen molar-refractivity contribution in [1.29, 1.82) is 0 Å². The van der Waals surface area contributed by atoms with Crippen molar-refractivity contribution in [2.24, 2.45) is 0 Å². The number of hydrogen-bond acceptors (Lipinski definition) is 1. The molecule has 2 rings (SSSR count). The molecule has 13 heavy (non-hydrogen) atoms. The summed E-state index contributed by atoms with van der Waals surface area (Å²) < 4.78 is 5.56. The third-order valence-electron chi connectivity index (χ3n) is 2.71. The Morgan fingerprint density at radius 2 is 2.23 bits per heavy atom. The lowest BCUT2D eigenvalue weighted by molar-refractivity contribution is 0.0886. The molecule has 1 atom stereocenters. The Morgan fingerprint density at radius 3 is 3.08 bits per heavy atom. The normalized spacial score (nSPS) is 21.2. The summed E-state index contributed by atoms with van der Waals surface area (Å²) in [4.78, 5) is 0. The maximum Gasteiger partial charge on any atom is 0.0719 e. The monoisotopic (exact) mass is 176 g/mol. The molecule has 0 amide bonds. The van der Waals surface area contributed by atoms with E-state index in [1.54, 1.807) is 0 Å². The molecule has 0 aromatic heterocycles. The fourth-order valence-electron chi connectivity index (χ4n) is 2.05. The summed E-state index contributed by atoms with van der Waals surface area (Å²) in [7, 11) is 0. The Kier molecular flexibility index (Phi) is 2.65. The number of rotatable bonds is 2. The summed E-state index contributed by atoms with van der Waals surface area (Å²) in [5.74, 6) is 0.634. The van der Waals surface area contributed by atoms with Crippen molar-refractivity contribution in [3.8, 4) is 0 Å². The van der Waals surface area contributed by atoms with E-state index in [2.05, 4.69) is 31.2 Å². The van der Waals surface area contributed by atoms with E-state index >= 15 is 0 Å². The molecule has 1 heteroatoms. The number of ether oxygens (including phenoxy) is 1. The first-order valence-electron chi connectivity index (χ1n) is 5.07. The van der Waals surface area contributed by atoms with Gasteiger partial charge in [-0.15, -0.1) is 0 Å². The zero-order chi connectivity index (χ0) is 9.10. The van der Waals surface area contributed by atoms with Crippen molar-refractivity contribution in [1.82, 2.24) is 0 Å². The van der Waals surface area contributed by atoms with Crippen LogP contribution < -0.4 is 0 Å². The van der Waals surface area contributed by atoms with Gasteiger partial charge in [-0.05, 0) is 17.5 Å². The minimum atomic E-state index is 0.634. The van der Waals surface area contributed by atoms with Crippen LogP contribution in [0.5, 0.6) is 0 Å². The van der Waals surface area contributed by atoms with Gasteiger partial charge in [-0.1, -0.05) is 37.6 Å². The fraction of sp³-hybridized carbons (Fsp3) is 0.500. The second kappa shape index (κ2) is 3.93. The summed E-state index contributed by atoms with van der Waals surface area (Å²) in [6, 6.07) is 8.65. The van der Waals surface area contributed by atoms with Gasteiger partial charge in [-0.2, -0.15) is 0 Å². The van der Waals surface area contributed by atoms with Gasteiger partial charge >= 0.3 is 0 Å². The standard InChI is InChI=1S/C12H16O/c1-2-5-10-8-13-9-11-6-3-4-7-12(10)11/h3-4,6-7,10H,2,5,8-9H2,1H3. The lowest BCUT2D eigenvalue weighted by Crippen LogP contribution is -2.16. The second-order valence-corrected chi connectivity index (χ2v) is 3.70. The van der Waals surface area contributed by atoms with Gasteiger partial charge in [0.05, 0.1) is 13.2 Å². The largest absolute Gasteiger partial charge is 0.376 e. The molecule has 1 heterocycles. The smallest absolute Gasteiger partial charge is 0.0719 e. The molecule has 1 aromatic rings. The van der Waals surface area contributed by atoms with E-state index in [1.165, 1.54) is 24.0 Å². The van der Waals surface area contributed by atoms with Crippen molar-refractivity contribution < 1.29 is 4.74 Å². The summed E-state index contributed by atoms with van der Waals surface area (Å²) >= 11 is 0. The molecule has 0 bridgehead atoms. The average Bonchev–Trinajstić information content (AvgIpc) is 2.19. The fourth-order valence-corrected chi connectivity index (χ4v) is 2.05. The van der Waals surface area contributed by atoms with Crippen LogP contribution in [0.2, 0.25) is 0 Å². The van der Waals surface area contributed by atoms with Gasteiger partial charge in [0.15, 0.2) is 0 Å². The summed E-state index contributed by atoms with van der Waals surface area (Å²) in [5, 5.41) is 0. The molecule has 0 radical (unpaired) electrons. The maximum absolute atomic E-state index is 5.56. The Balaban J connectivity index is 2.26. The minimum Gasteiger partial charge on any atom is -0.376 e. The van der Waals surface area contributed by atoms with Crippen LogP contribution in [0.1, 0.15) is 36.8 Å². The topological polar surface area (TPSA) is 9.23 Å².